The maximum atomic E-state index is 13.2. The van der Waals surface area contributed by atoms with Crippen molar-refractivity contribution in [1.29, 1.82) is 0 Å². The molecule has 1 aromatic carbocycles. The number of aromatic nitrogens is 1. The van der Waals surface area contributed by atoms with Gasteiger partial charge in [-0.15, -0.1) is 0 Å². The first-order chi connectivity index (χ1) is 17.7. The second-order valence-corrected chi connectivity index (χ2v) is 11.3. The molecule has 2 aromatic rings. The Hall–Kier alpha value is -3.42. The number of rotatable bonds is 9. The van der Waals surface area contributed by atoms with Crippen molar-refractivity contribution >= 4 is 29.1 Å². The first-order valence-electron chi connectivity index (χ1n) is 13.5. The van der Waals surface area contributed by atoms with Crippen LogP contribution >= 0.6 is 0 Å². The van der Waals surface area contributed by atoms with Crippen molar-refractivity contribution in [1.82, 2.24) is 10.3 Å². The highest BCUT2D eigenvalue weighted by molar-refractivity contribution is 6.02. The Morgan fingerprint density at radius 2 is 1.65 bits per heavy atom. The summed E-state index contributed by atoms with van der Waals surface area (Å²) in [5, 5.41) is 6.57. The van der Waals surface area contributed by atoms with Gasteiger partial charge >= 0.3 is 0 Å². The third kappa shape index (κ3) is 5.33. The zero-order valence-electron chi connectivity index (χ0n) is 21.9. The maximum Gasteiger partial charge on any atom is 0.251 e. The van der Waals surface area contributed by atoms with E-state index >= 15 is 0 Å². The maximum absolute atomic E-state index is 13.2. The Balaban J connectivity index is 1.25. The van der Waals surface area contributed by atoms with Crippen LogP contribution in [0.15, 0.2) is 36.5 Å². The summed E-state index contributed by atoms with van der Waals surface area (Å²) in [6.07, 6.45) is 7.54. The highest BCUT2D eigenvalue weighted by Crippen LogP contribution is 2.39. The number of carbonyl (C=O) groups excluding carboxylic acids is 3. The fourth-order valence-corrected chi connectivity index (χ4v) is 5.64. The van der Waals surface area contributed by atoms with Crippen molar-refractivity contribution in [3.63, 3.8) is 0 Å². The van der Waals surface area contributed by atoms with Gasteiger partial charge in [0.05, 0.1) is 5.56 Å². The molecule has 1 unspecified atom stereocenters. The van der Waals surface area contributed by atoms with Gasteiger partial charge < -0.3 is 21.3 Å². The van der Waals surface area contributed by atoms with Crippen molar-refractivity contribution in [2.24, 2.45) is 17.6 Å². The molecule has 5 rings (SSSR count). The molecule has 3 aliphatic rings. The Bertz CT molecular complexity index is 1180. The van der Waals surface area contributed by atoms with Gasteiger partial charge in [-0.05, 0) is 81.7 Å². The number of pyridine rings is 1. The third-order valence-corrected chi connectivity index (χ3v) is 8.24. The number of nitrogens with zero attached hydrogens (tertiary/aromatic N) is 2. The van der Waals surface area contributed by atoms with Gasteiger partial charge in [-0.2, -0.15) is 0 Å². The molecule has 1 aliphatic carbocycles. The zero-order valence-corrected chi connectivity index (χ0v) is 21.9. The molecule has 1 aromatic heterocycles. The normalized spacial score (nSPS) is 23.6. The van der Waals surface area contributed by atoms with Gasteiger partial charge in [-0.1, -0.05) is 13.8 Å². The van der Waals surface area contributed by atoms with Crippen molar-refractivity contribution in [3.05, 3.63) is 53.2 Å². The van der Waals surface area contributed by atoms with Crippen LogP contribution < -0.4 is 21.3 Å². The molecule has 196 valence electrons. The van der Waals surface area contributed by atoms with E-state index in [9.17, 15) is 14.4 Å². The summed E-state index contributed by atoms with van der Waals surface area (Å²) in [6.45, 7) is 6.23. The summed E-state index contributed by atoms with van der Waals surface area (Å²) in [4.78, 5) is 44.5. The van der Waals surface area contributed by atoms with Crippen LogP contribution in [0.5, 0.6) is 0 Å². The van der Waals surface area contributed by atoms with Crippen LogP contribution in [0, 0.1) is 11.8 Å². The minimum atomic E-state index is -0.520. The summed E-state index contributed by atoms with van der Waals surface area (Å²) >= 11 is 0. The van der Waals surface area contributed by atoms with Gasteiger partial charge in [0.2, 0.25) is 0 Å². The van der Waals surface area contributed by atoms with Gasteiger partial charge in [0.15, 0.2) is 5.78 Å². The van der Waals surface area contributed by atoms with Crippen molar-refractivity contribution in [2.45, 2.75) is 83.5 Å². The van der Waals surface area contributed by atoms with Crippen molar-refractivity contribution in [3.8, 4) is 0 Å². The predicted molar refractivity (Wildman–Crippen MR) is 144 cm³/mol. The van der Waals surface area contributed by atoms with Crippen LogP contribution in [0.25, 0.3) is 0 Å². The number of carbonyl (C=O) groups is 3. The molecular formula is C29H37N5O3. The number of nitrogens with two attached hydrogens (primary N) is 1. The molecule has 8 heteroatoms. The van der Waals surface area contributed by atoms with Crippen LogP contribution in [-0.2, 0) is 0 Å². The summed E-state index contributed by atoms with van der Waals surface area (Å²) in [6, 6.07) is 9.72. The number of nitrogens with one attached hydrogen (secondary N) is 2. The summed E-state index contributed by atoms with van der Waals surface area (Å²) in [5.74, 6) is 1.01. The topological polar surface area (TPSA) is 117 Å². The van der Waals surface area contributed by atoms with Crippen LogP contribution in [0.3, 0.4) is 0 Å². The number of piperidine rings is 1. The van der Waals surface area contributed by atoms with E-state index in [1.54, 1.807) is 24.4 Å². The van der Waals surface area contributed by atoms with E-state index in [0.29, 0.717) is 40.4 Å². The molecule has 1 saturated carbocycles. The average Bonchev–Trinajstić information content (AvgIpc) is 3.68. The number of ketones is 1. The van der Waals surface area contributed by atoms with E-state index in [1.807, 2.05) is 19.1 Å². The fraction of sp³-hybridized carbons (Fsp3) is 0.517. The Morgan fingerprint density at radius 3 is 2.22 bits per heavy atom. The lowest BCUT2D eigenvalue weighted by atomic mass is 9.96. The lowest BCUT2D eigenvalue weighted by Gasteiger charge is -2.40. The number of amides is 2. The molecular weight excluding hydrogens is 466 g/mol. The van der Waals surface area contributed by atoms with E-state index in [2.05, 4.69) is 34.4 Å². The smallest absolute Gasteiger partial charge is 0.251 e. The zero-order chi connectivity index (χ0) is 26.3. The SMILES string of the molecule is CC(C)[C@@H](C)Nc1cc(C(=O)NC2C[C@H]3CC[C@@H](C2)N3c2ccc(C(=O)C3CC3)cn2)ccc1C(N)=O. The monoisotopic (exact) mass is 503 g/mol. The standard InChI is InChI=1S/C29H37N5O3/c1-16(2)17(3)32-25-12-19(6-10-24(25)28(30)36)29(37)33-21-13-22-8-9-23(14-21)34(22)26-11-7-20(15-31-26)27(35)18-4-5-18/h6-7,10-12,15-18,21-23,32H,4-5,8-9,13-14H2,1-3H3,(H2,30,36)(H,33,37)/t17-,21?,22-,23+/m1/s1. The first-order valence-corrected chi connectivity index (χ1v) is 13.5. The van der Waals surface area contributed by atoms with Gasteiger partial charge in [0.1, 0.15) is 5.82 Å². The van der Waals surface area contributed by atoms with E-state index in [0.717, 1.165) is 44.3 Å². The fourth-order valence-electron chi connectivity index (χ4n) is 5.64. The molecule has 2 bridgehead atoms. The number of anilines is 2. The molecule has 0 spiro atoms. The minimum Gasteiger partial charge on any atom is -0.382 e. The molecule has 0 radical (unpaired) electrons. The van der Waals surface area contributed by atoms with E-state index in [4.69, 9.17) is 5.73 Å². The van der Waals surface area contributed by atoms with Crippen LogP contribution in [0.4, 0.5) is 11.5 Å². The Kier molecular flexibility index (Phi) is 6.92. The molecule has 3 fully saturated rings. The third-order valence-electron chi connectivity index (χ3n) is 8.24. The molecule has 2 aliphatic heterocycles. The number of benzene rings is 1. The van der Waals surface area contributed by atoms with Gasteiger partial charge in [0, 0.05) is 53.1 Å². The molecule has 2 saturated heterocycles. The number of primary amides is 1. The summed E-state index contributed by atoms with van der Waals surface area (Å²) in [7, 11) is 0. The summed E-state index contributed by atoms with van der Waals surface area (Å²) < 4.78 is 0. The number of Topliss-reactive ketones (excluding diaryl/α,β-unsaturated/α-hetero) is 1. The van der Waals surface area contributed by atoms with Gasteiger partial charge in [0.25, 0.3) is 11.8 Å². The second-order valence-electron chi connectivity index (χ2n) is 11.3. The Labute approximate surface area is 218 Å². The molecule has 8 nitrogen and oxygen atoms in total. The first kappa shape index (κ1) is 25.2. The van der Waals surface area contributed by atoms with Crippen molar-refractivity contribution < 1.29 is 14.4 Å². The molecule has 4 atom stereocenters. The van der Waals surface area contributed by atoms with E-state index < -0.39 is 5.91 Å². The molecule has 2 amide bonds. The van der Waals surface area contributed by atoms with Crippen LogP contribution in [0.2, 0.25) is 0 Å². The van der Waals surface area contributed by atoms with Crippen LogP contribution in [0.1, 0.15) is 90.4 Å². The number of fused-ring (bicyclic) bond motifs is 2. The molecule has 3 heterocycles. The minimum absolute atomic E-state index is 0.0683. The molecule has 37 heavy (non-hydrogen) atoms. The average molecular weight is 504 g/mol. The lowest BCUT2D eigenvalue weighted by Crippen LogP contribution is -2.50. The second kappa shape index (κ2) is 10.1. The predicted octanol–water partition coefficient (Wildman–Crippen LogP) is 4.16. The van der Waals surface area contributed by atoms with Crippen molar-refractivity contribution in [2.75, 3.05) is 10.2 Å². The number of hydrogen-bond donors (Lipinski definition) is 3. The van der Waals surface area contributed by atoms with Crippen LogP contribution in [-0.4, -0.2) is 46.7 Å². The summed E-state index contributed by atoms with van der Waals surface area (Å²) in [5.41, 5.74) is 7.76. The molecule has 4 N–H and O–H groups in total. The van der Waals surface area contributed by atoms with Gasteiger partial charge in [-0.25, -0.2) is 4.98 Å². The highest BCUT2D eigenvalue weighted by Gasteiger charge is 2.42. The lowest BCUT2D eigenvalue weighted by molar-refractivity contribution is 0.0924. The number of hydrogen-bond acceptors (Lipinski definition) is 6. The van der Waals surface area contributed by atoms with E-state index in [1.165, 1.54) is 0 Å². The van der Waals surface area contributed by atoms with E-state index in [-0.39, 0.29) is 29.7 Å². The Morgan fingerprint density at radius 1 is 0.973 bits per heavy atom. The highest BCUT2D eigenvalue weighted by atomic mass is 16.2. The van der Waals surface area contributed by atoms with Gasteiger partial charge in [-0.3, -0.25) is 14.4 Å². The quantitative estimate of drug-likeness (QED) is 0.443. The largest absolute Gasteiger partial charge is 0.382 e.